The molecule has 23 heavy (non-hydrogen) atoms. The van der Waals surface area contributed by atoms with Gasteiger partial charge in [0.05, 0.1) is 17.0 Å². The Bertz CT molecular complexity index is 726. The average molecular weight is 354 g/mol. The molecule has 1 heterocycles. The zero-order valence-electron chi connectivity index (χ0n) is 12.1. The second-order valence-electron chi connectivity index (χ2n) is 4.54. The molecule has 0 spiro atoms. The first-order valence-corrected chi connectivity index (χ1v) is 7.39. The molecule has 0 saturated heterocycles. The standard InChI is InChI=1S/C16H13Cl2NO4/c1-10(23-15(20)7-5-12-3-2-8-22-12)16(21)19-14-6-4-11(17)9-13(14)18/h2-10H,1H3,(H,19,21)/b7-5+. The molecule has 0 aliphatic carbocycles. The minimum absolute atomic E-state index is 0.294. The molecule has 0 bridgehead atoms. The molecule has 0 fully saturated rings. The van der Waals surface area contributed by atoms with Crippen molar-refractivity contribution in [1.29, 1.82) is 0 Å². The molecular weight excluding hydrogens is 341 g/mol. The number of carbonyl (C=O) groups excluding carboxylic acids is 2. The number of furan rings is 1. The fraction of sp³-hybridized carbons (Fsp3) is 0.125. The highest BCUT2D eigenvalue weighted by Crippen LogP contribution is 2.25. The molecule has 1 unspecified atom stereocenters. The zero-order valence-corrected chi connectivity index (χ0v) is 13.6. The molecular formula is C16H13Cl2NO4. The van der Waals surface area contributed by atoms with Crippen LogP contribution in [0.2, 0.25) is 10.0 Å². The number of esters is 1. The molecule has 120 valence electrons. The summed E-state index contributed by atoms with van der Waals surface area (Å²) in [6.45, 7) is 1.46. The van der Waals surface area contributed by atoms with Crippen LogP contribution in [0.3, 0.4) is 0 Å². The lowest BCUT2D eigenvalue weighted by atomic mass is 10.3. The van der Waals surface area contributed by atoms with Gasteiger partial charge in [0.25, 0.3) is 5.91 Å². The summed E-state index contributed by atoms with van der Waals surface area (Å²) in [4.78, 5) is 23.6. The lowest BCUT2D eigenvalue weighted by molar-refractivity contribution is -0.148. The van der Waals surface area contributed by atoms with Crippen LogP contribution in [-0.2, 0) is 14.3 Å². The second kappa shape index (κ2) is 7.85. The van der Waals surface area contributed by atoms with E-state index in [4.69, 9.17) is 32.4 Å². The van der Waals surface area contributed by atoms with E-state index in [0.717, 1.165) is 0 Å². The Hall–Kier alpha value is -2.24. The molecule has 7 heteroatoms. The predicted octanol–water partition coefficient (Wildman–Crippen LogP) is 4.17. The van der Waals surface area contributed by atoms with Crippen LogP contribution >= 0.6 is 23.2 Å². The minimum atomic E-state index is -0.990. The van der Waals surface area contributed by atoms with Crippen LogP contribution in [0.4, 0.5) is 5.69 Å². The van der Waals surface area contributed by atoms with Crippen LogP contribution in [0.15, 0.2) is 47.1 Å². The van der Waals surface area contributed by atoms with Crippen molar-refractivity contribution in [3.8, 4) is 0 Å². The molecule has 0 saturated carbocycles. The molecule has 0 aliphatic rings. The summed E-state index contributed by atoms with van der Waals surface area (Å²) in [5.41, 5.74) is 0.384. The highest BCUT2D eigenvalue weighted by molar-refractivity contribution is 6.36. The normalized spacial score (nSPS) is 12.1. The number of rotatable bonds is 5. The van der Waals surface area contributed by atoms with Crippen molar-refractivity contribution in [2.75, 3.05) is 5.32 Å². The number of ether oxygens (including phenoxy) is 1. The summed E-state index contributed by atoms with van der Waals surface area (Å²) < 4.78 is 10.0. The number of hydrogen-bond acceptors (Lipinski definition) is 4. The van der Waals surface area contributed by atoms with Gasteiger partial charge < -0.3 is 14.5 Å². The van der Waals surface area contributed by atoms with Crippen molar-refractivity contribution in [2.24, 2.45) is 0 Å². The van der Waals surface area contributed by atoms with E-state index in [1.165, 1.54) is 31.4 Å². The van der Waals surface area contributed by atoms with Crippen molar-refractivity contribution in [2.45, 2.75) is 13.0 Å². The molecule has 1 aromatic heterocycles. The number of amides is 1. The van der Waals surface area contributed by atoms with Crippen molar-refractivity contribution in [3.05, 3.63) is 58.5 Å². The van der Waals surface area contributed by atoms with Gasteiger partial charge >= 0.3 is 5.97 Å². The molecule has 5 nitrogen and oxygen atoms in total. The van der Waals surface area contributed by atoms with Gasteiger partial charge in [-0.1, -0.05) is 23.2 Å². The van der Waals surface area contributed by atoms with Gasteiger partial charge in [-0.05, 0) is 43.3 Å². The monoisotopic (exact) mass is 353 g/mol. The predicted molar refractivity (Wildman–Crippen MR) is 88.4 cm³/mol. The number of anilines is 1. The van der Waals surface area contributed by atoms with E-state index in [1.54, 1.807) is 24.3 Å². The third-order valence-corrected chi connectivity index (χ3v) is 3.33. The summed E-state index contributed by atoms with van der Waals surface area (Å²) in [7, 11) is 0. The molecule has 1 N–H and O–H groups in total. The lowest BCUT2D eigenvalue weighted by Gasteiger charge is -2.13. The molecule has 0 radical (unpaired) electrons. The summed E-state index contributed by atoms with van der Waals surface area (Å²) >= 11 is 11.7. The van der Waals surface area contributed by atoms with Crippen molar-refractivity contribution in [1.82, 2.24) is 0 Å². The third-order valence-electron chi connectivity index (χ3n) is 2.78. The van der Waals surface area contributed by atoms with Crippen LogP contribution in [0.25, 0.3) is 6.08 Å². The van der Waals surface area contributed by atoms with Crippen molar-refractivity contribution >= 4 is 46.8 Å². The maximum Gasteiger partial charge on any atom is 0.331 e. The van der Waals surface area contributed by atoms with E-state index < -0.39 is 18.0 Å². The molecule has 2 rings (SSSR count). The topological polar surface area (TPSA) is 68.5 Å². The summed E-state index contributed by atoms with van der Waals surface area (Å²) in [5, 5.41) is 3.31. The van der Waals surface area contributed by atoms with Crippen LogP contribution in [0.1, 0.15) is 12.7 Å². The molecule has 1 amide bonds. The molecule has 0 aliphatic heterocycles. The first-order chi connectivity index (χ1) is 11.0. The van der Waals surface area contributed by atoms with Crippen LogP contribution in [0.5, 0.6) is 0 Å². The summed E-state index contributed by atoms with van der Waals surface area (Å²) in [6, 6.07) is 8.03. The lowest BCUT2D eigenvalue weighted by Crippen LogP contribution is -2.29. The van der Waals surface area contributed by atoms with E-state index in [1.807, 2.05) is 0 Å². The van der Waals surface area contributed by atoms with Crippen LogP contribution < -0.4 is 5.32 Å². The van der Waals surface area contributed by atoms with Gasteiger partial charge in [0.1, 0.15) is 5.76 Å². The molecule has 2 aromatic rings. The highest BCUT2D eigenvalue weighted by atomic mass is 35.5. The first kappa shape index (κ1) is 17.1. The van der Waals surface area contributed by atoms with Gasteiger partial charge in [0.15, 0.2) is 6.10 Å². The quantitative estimate of drug-likeness (QED) is 0.646. The Morgan fingerprint density at radius 3 is 2.74 bits per heavy atom. The van der Waals surface area contributed by atoms with Gasteiger partial charge in [-0.2, -0.15) is 0 Å². The fourth-order valence-corrected chi connectivity index (χ4v) is 2.08. The third kappa shape index (κ3) is 5.16. The van der Waals surface area contributed by atoms with Gasteiger partial charge in [-0.3, -0.25) is 4.79 Å². The van der Waals surface area contributed by atoms with Crippen molar-refractivity contribution < 1.29 is 18.7 Å². The molecule has 1 atom stereocenters. The SMILES string of the molecule is CC(OC(=O)/C=C/c1ccco1)C(=O)Nc1ccc(Cl)cc1Cl. The van der Waals surface area contributed by atoms with Crippen LogP contribution in [0, 0.1) is 0 Å². The van der Waals surface area contributed by atoms with Crippen molar-refractivity contribution in [3.63, 3.8) is 0 Å². The number of nitrogens with one attached hydrogen (secondary N) is 1. The van der Waals surface area contributed by atoms with Crippen LogP contribution in [-0.4, -0.2) is 18.0 Å². The zero-order chi connectivity index (χ0) is 16.8. The number of benzene rings is 1. The second-order valence-corrected chi connectivity index (χ2v) is 5.38. The number of carbonyl (C=O) groups is 2. The van der Waals surface area contributed by atoms with E-state index in [2.05, 4.69) is 5.32 Å². The van der Waals surface area contributed by atoms with E-state index in [-0.39, 0.29) is 0 Å². The Morgan fingerprint density at radius 1 is 1.30 bits per heavy atom. The Morgan fingerprint density at radius 2 is 2.09 bits per heavy atom. The van der Waals surface area contributed by atoms with Gasteiger partial charge in [-0.25, -0.2) is 4.79 Å². The first-order valence-electron chi connectivity index (χ1n) is 6.64. The Kier molecular flexibility index (Phi) is 5.84. The number of halogens is 2. The Labute approximate surface area is 142 Å². The summed E-state index contributed by atoms with van der Waals surface area (Å²) in [6.07, 6.45) is 3.12. The van der Waals surface area contributed by atoms with Gasteiger partial charge in [0.2, 0.25) is 0 Å². The highest BCUT2D eigenvalue weighted by Gasteiger charge is 2.17. The smallest absolute Gasteiger partial charge is 0.331 e. The van der Waals surface area contributed by atoms with E-state index >= 15 is 0 Å². The Balaban J connectivity index is 1.90. The largest absolute Gasteiger partial charge is 0.465 e. The maximum absolute atomic E-state index is 12.0. The van der Waals surface area contributed by atoms with Gasteiger partial charge in [-0.15, -0.1) is 0 Å². The fourth-order valence-electron chi connectivity index (χ4n) is 1.63. The maximum atomic E-state index is 12.0. The average Bonchev–Trinajstić information content (AvgIpc) is 3.01. The number of hydrogen-bond donors (Lipinski definition) is 1. The van der Waals surface area contributed by atoms with E-state index in [9.17, 15) is 9.59 Å². The molecule has 1 aromatic carbocycles. The van der Waals surface area contributed by atoms with E-state index in [0.29, 0.717) is 21.5 Å². The van der Waals surface area contributed by atoms with Gasteiger partial charge in [0, 0.05) is 11.1 Å². The summed E-state index contributed by atoms with van der Waals surface area (Å²) in [5.74, 6) is -0.660. The minimum Gasteiger partial charge on any atom is -0.465 e.